The van der Waals surface area contributed by atoms with Gasteiger partial charge in [-0.1, -0.05) is 27.7 Å². The van der Waals surface area contributed by atoms with E-state index < -0.39 is 12.0 Å². The highest BCUT2D eigenvalue weighted by Crippen LogP contribution is 2.27. The molecule has 1 aliphatic rings. The van der Waals surface area contributed by atoms with E-state index in [9.17, 15) is 14.7 Å². The number of amides is 1. The second kappa shape index (κ2) is 6.64. The first-order valence-corrected chi connectivity index (χ1v) is 7.96. The van der Waals surface area contributed by atoms with Crippen LogP contribution in [0.4, 0.5) is 0 Å². The minimum Gasteiger partial charge on any atom is -0.480 e. The summed E-state index contributed by atoms with van der Waals surface area (Å²) in [6, 6.07) is -0.645. The SMILES string of the molecule is CC(CC(=O)N1CCSCC1C(=O)O)CC(C)(C)C. The molecule has 1 aliphatic heterocycles. The molecule has 0 radical (unpaired) electrons. The first kappa shape index (κ1) is 16.3. The third kappa shape index (κ3) is 5.43. The van der Waals surface area contributed by atoms with Crippen molar-refractivity contribution in [1.82, 2.24) is 4.90 Å². The van der Waals surface area contributed by atoms with Gasteiger partial charge in [0.1, 0.15) is 6.04 Å². The van der Waals surface area contributed by atoms with Crippen molar-refractivity contribution >= 4 is 23.6 Å². The van der Waals surface area contributed by atoms with Gasteiger partial charge in [0, 0.05) is 24.5 Å². The first-order valence-electron chi connectivity index (χ1n) is 6.81. The number of hydrogen-bond acceptors (Lipinski definition) is 3. The molecule has 0 aromatic rings. The van der Waals surface area contributed by atoms with Crippen LogP contribution in [0.15, 0.2) is 0 Å². The molecule has 0 bridgehead atoms. The molecule has 0 saturated carbocycles. The summed E-state index contributed by atoms with van der Waals surface area (Å²) < 4.78 is 0. The summed E-state index contributed by atoms with van der Waals surface area (Å²) in [7, 11) is 0. The maximum absolute atomic E-state index is 12.3. The first-order chi connectivity index (χ1) is 8.70. The molecule has 1 saturated heterocycles. The summed E-state index contributed by atoms with van der Waals surface area (Å²) in [5, 5.41) is 9.17. The number of carboxylic acids is 1. The number of rotatable bonds is 4. The third-order valence-corrected chi connectivity index (χ3v) is 4.24. The Bertz CT molecular complexity index is 338. The van der Waals surface area contributed by atoms with Crippen molar-refractivity contribution in [2.24, 2.45) is 11.3 Å². The van der Waals surface area contributed by atoms with Crippen molar-refractivity contribution < 1.29 is 14.7 Å². The number of nitrogens with zero attached hydrogens (tertiary/aromatic N) is 1. The molecule has 1 amide bonds. The Kier molecular flexibility index (Phi) is 5.71. The summed E-state index contributed by atoms with van der Waals surface area (Å²) in [5.74, 6) is 0.739. The number of carbonyl (C=O) groups is 2. The monoisotopic (exact) mass is 287 g/mol. The van der Waals surface area contributed by atoms with Crippen LogP contribution in [0.25, 0.3) is 0 Å². The van der Waals surface area contributed by atoms with E-state index >= 15 is 0 Å². The highest BCUT2D eigenvalue weighted by atomic mass is 32.2. The smallest absolute Gasteiger partial charge is 0.327 e. The van der Waals surface area contributed by atoms with Gasteiger partial charge in [-0.3, -0.25) is 4.79 Å². The largest absolute Gasteiger partial charge is 0.480 e. The van der Waals surface area contributed by atoms with Gasteiger partial charge in [0.25, 0.3) is 0 Å². The number of hydrogen-bond donors (Lipinski definition) is 1. The molecular formula is C14H25NO3S. The predicted molar refractivity (Wildman–Crippen MR) is 78.3 cm³/mol. The molecule has 0 spiro atoms. The molecule has 19 heavy (non-hydrogen) atoms. The van der Waals surface area contributed by atoms with Gasteiger partial charge in [-0.05, 0) is 17.8 Å². The molecule has 1 fully saturated rings. The highest BCUT2D eigenvalue weighted by molar-refractivity contribution is 7.99. The van der Waals surface area contributed by atoms with Gasteiger partial charge < -0.3 is 10.0 Å². The summed E-state index contributed by atoms with van der Waals surface area (Å²) in [6.07, 6.45) is 1.42. The van der Waals surface area contributed by atoms with Crippen molar-refractivity contribution in [1.29, 1.82) is 0 Å². The summed E-state index contributed by atoms with van der Waals surface area (Å²) in [4.78, 5) is 25.0. The molecule has 0 aromatic carbocycles. The molecule has 1 heterocycles. The van der Waals surface area contributed by atoms with Gasteiger partial charge in [-0.15, -0.1) is 0 Å². The van der Waals surface area contributed by atoms with Gasteiger partial charge >= 0.3 is 5.97 Å². The van der Waals surface area contributed by atoms with E-state index in [0.717, 1.165) is 12.2 Å². The van der Waals surface area contributed by atoms with Gasteiger partial charge in [-0.25, -0.2) is 4.79 Å². The Morgan fingerprint density at radius 3 is 2.58 bits per heavy atom. The fourth-order valence-corrected chi connectivity index (χ4v) is 3.68. The van der Waals surface area contributed by atoms with Gasteiger partial charge in [0.2, 0.25) is 5.91 Å². The van der Waals surface area contributed by atoms with Crippen molar-refractivity contribution in [3.63, 3.8) is 0 Å². The molecule has 1 rings (SSSR count). The lowest BCUT2D eigenvalue weighted by molar-refractivity contribution is -0.149. The van der Waals surface area contributed by atoms with Crippen LogP contribution in [0.5, 0.6) is 0 Å². The van der Waals surface area contributed by atoms with E-state index in [1.54, 1.807) is 16.7 Å². The Balaban J connectivity index is 2.58. The fraction of sp³-hybridized carbons (Fsp3) is 0.857. The van der Waals surface area contributed by atoms with E-state index in [1.807, 2.05) is 0 Å². The van der Waals surface area contributed by atoms with E-state index in [1.165, 1.54) is 0 Å². The minimum atomic E-state index is -0.885. The molecule has 0 aliphatic carbocycles. The quantitative estimate of drug-likeness (QED) is 0.863. The lowest BCUT2D eigenvalue weighted by Crippen LogP contribution is -2.50. The van der Waals surface area contributed by atoms with Gasteiger partial charge in [0.15, 0.2) is 0 Å². The average molecular weight is 287 g/mol. The predicted octanol–water partition coefficient (Wildman–Crippen LogP) is 2.48. The second-order valence-electron chi connectivity index (χ2n) is 6.59. The van der Waals surface area contributed by atoms with Crippen molar-refractivity contribution in [2.45, 2.75) is 46.6 Å². The molecule has 0 aromatic heterocycles. The number of carboxylic acid groups (broad SMARTS) is 1. The van der Waals surface area contributed by atoms with Crippen LogP contribution >= 0.6 is 11.8 Å². The lowest BCUT2D eigenvalue weighted by Gasteiger charge is -2.34. The molecular weight excluding hydrogens is 262 g/mol. The van der Waals surface area contributed by atoms with E-state index in [0.29, 0.717) is 18.7 Å². The molecule has 1 N–H and O–H groups in total. The minimum absolute atomic E-state index is 0.00977. The zero-order valence-corrected chi connectivity index (χ0v) is 13.1. The maximum Gasteiger partial charge on any atom is 0.327 e. The number of aliphatic carboxylic acids is 1. The van der Waals surface area contributed by atoms with E-state index in [2.05, 4.69) is 27.7 Å². The van der Waals surface area contributed by atoms with Gasteiger partial charge in [0.05, 0.1) is 0 Å². The molecule has 5 heteroatoms. The third-order valence-electron chi connectivity index (χ3n) is 3.22. The van der Waals surface area contributed by atoms with Crippen LogP contribution in [0, 0.1) is 11.3 Å². The normalized spacial score (nSPS) is 22.1. The van der Waals surface area contributed by atoms with Crippen LogP contribution in [-0.2, 0) is 9.59 Å². The molecule has 2 atom stereocenters. The van der Waals surface area contributed by atoms with Crippen LogP contribution < -0.4 is 0 Å². The van der Waals surface area contributed by atoms with Crippen molar-refractivity contribution in [2.75, 3.05) is 18.1 Å². The van der Waals surface area contributed by atoms with Crippen LogP contribution in [0.2, 0.25) is 0 Å². The topological polar surface area (TPSA) is 57.6 Å². The Morgan fingerprint density at radius 1 is 1.42 bits per heavy atom. The fourth-order valence-electron chi connectivity index (χ4n) is 2.64. The van der Waals surface area contributed by atoms with Gasteiger partial charge in [-0.2, -0.15) is 11.8 Å². The molecule has 4 nitrogen and oxygen atoms in total. The average Bonchev–Trinajstić information content (AvgIpc) is 2.26. The van der Waals surface area contributed by atoms with Crippen LogP contribution in [0.3, 0.4) is 0 Å². The van der Waals surface area contributed by atoms with E-state index in [4.69, 9.17) is 0 Å². The summed E-state index contributed by atoms with van der Waals surface area (Å²) in [6.45, 7) is 9.10. The zero-order valence-electron chi connectivity index (χ0n) is 12.3. The summed E-state index contributed by atoms with van der Waals surface area (Å²) >= 11 is 1.61. The van der Waals surface area contributed by atoms with E-state index in [-0.39, 0.29) is 17.2 Å². The highest BCUT2D eigenvalue weighted by Gasteiger charge is 2.33. The number of thioether (sulfide) groups is 1. The number of carbonyl (C=O) groups excluding carboxylic acids is 1. The van der Waals surface area contributed by atoms with Crippen LogP contribution in [0.1, 0.15) is 40.5 Å². The van der Waals surface area contributed by atoms with Crippen molar-refractivity contribution in [3.05, 3.63) is 0 Å². The maximum atomic E-state index is 12.3. The Hall–Kier alpha value is -0.710. The molecule has 2 unspecified atom stereocenters. The Morgan fingerprint density at radius 2 is 2.05 bits per heavy atom. The standard InChI is InChI=1S/C14H25NO3S/c1-10(8-14(2,3)4)7-12(16)15-5-6-19-9-11(15)13(17)18/h10-11H,5-9H2,1-4H3,(H,17,18). The second-order valence-corrected chi connectivity index (χ2v) is 7.74. The lowest BCUT2D eigenvalue weighted by atomic mass is 9.84. The molecule has 110 valence electrons. The Labute approximate surface area is 119 Å². The zero-order chi connectivity index (χ0) is 14.6. The van der Waals surface area contributed by atoms with Crippen molar-refractivity contribution in [3.8, 4) is 0 Å². The van der Waals surface area contributed by atoms with Crippen LogP contribution in [-0.4, -0.2) is 46.0 Å². The summed E-state index contributed by atoms with van der Waals surface area (Å²) in [5.41, 5.74) is 0.198.